The predicted molar refractivity (Wildman–Crippen MR) is 121 cm³/mol. The number of fused-ring (bicyclic) bond motifs is 3. The molecule has 0 aromatic heterocycles. The zero-order chi connectivity index (χ0) is 25.2. The van der Waals surface area contributed by atoms with Gasteiger partial charge in [0.1, 0.15) is 17.2 Å². The molecule has 0 spiro atoms. The van der Waals surface area contributed by atoms with E-state index >= 15 is 0 Å². The topological polar surface area (TPSA) is 169 Å². The Bertz CT molecular complexity index is 1210. The van der Waals surface area contributed by atoms with Crippen LogP contribution in [0.15, 0.2) is 18.2 Å². The molecule has 2 aromatic carbocycles. The van der Waals surface area contributed by atoms with Gasteiger partial charge in [0.25, 0.3) is 0 Å². The summed E-state index contributed by atoms with van der Waals surface area (Å²) in [5.74, 6) is -2.10. The van der Waals surface area contributed by atoms with Crippen molar-refractivity contribution in [2.24, 2.45) is 5.73 Å². The number of nitrogens with two attached hydrogens (primary N) is 1. The second-order valence-corrected chi connectivity index (χ2v) is 9.26. The lowest BCUT2D eigenvalue weighted by atomic mass is 9.76. The number of hydrogen-bond donors (Lipinski definition) is 5. The zero-order valence-corrected chi connectivity index (χ0v) is 19.2. The normalized spacial score (nSPS) is 29.9. The number of methoxy groups -OCH3 is 1. The van der Waals surface area contributed by atoms with E-state index in [9.17, 15) is 30.0 Å². The smallest absolute Gasteiger partial charge is 0.202 e. The van der Waals surface area contributed by atoms with Crippen molar-refractivity contribution in [3.8, 4) is 17.2 Å². The SMILES string of the molecule is COc1cccc2c1C(=O)c1c(O)c3c(c(O)c1C2=O)C[C@@H](O)C[C@H]3O[C@H]1C[C@@H](N)[C@H](O)[C@@H](C)O1. The van der Waals surface area contributed by atoms with Gasteiger partial charge in [-0.25, -0.2) is 0 Å². The maximum atomic E-state index is 13.5. The monoisotopic (exact) mass is 485 g/mol. The van der Waals surface area contributed by atoms with Gasteiger partial charge < -0.3 is 40.4 Å². The number of phenolic OH excluding ortho intramolecular Hbond substituents is 2. The summed E-state index contributed by atoms with van der Waals surface area (Å²) in [5.41, 5.74) is 5.64. The van der Waals surface area contributed by atoms with Crippen LogP contribution >= 0.6 is 0 Å². The van der Waals surface area contributed by atoms with E-state index in [0.29, 0.717) is 0 Å². The molecule has 6 N–H and O–H groups in total. The highest BCUT2D eigenvalue weighted by Crippen LogP contribution is 2.50. The third kappa shape index (κ3) is 3.60. The first kappa shape index (κ1) is 23.7. The number of ether oxygens (including phenoxy) is 3. The van der Waals surface area contributed by atoms with Gasteiger partial charge in [-0.3, -0.25) is 9.59 Å². The third-order valence-electron chi connectivity index (χ3n) is 7.08. The third-order valence-corrected chi connectivity index (χ3v) is 7.08. The molecule has 1 aliphatic heterocycles. The van der Waals surface area contributed by atoms with Crippen LogP contribution in [0.4, 0.5) is 0 Å². The van der Waals surface area contributed by atoms with E-state index in [-0.39, 0.29) is 58.4 Å². The number of carbonyl (C=O) groups excluding carboxylic acids is 2. The predicted octanol–water partition coefficient (Wildman–Crippen LogP) is 1.07. The molecule has 0 radical (unpaired) electrons. The summed E-state index contributed by atoms with van der Waals surface area (Å²) in [7, 11) is 1.37. The van der Waals surface area contributed by atoms with Crippen LogP contribution in [-0.2, 0) is 15.9 Å². The average molecular weight is 485 g/mol. The molecule has 0 amide bonds. The highest BCUT2D eigenvalue weighted by molar-refractivity contribution is 6.31. The number of ketones is 2. The number of benzene rings is 2. The number of aliphatic hydroxyl groups excluding tert-OH is 2. The fraction of sp³-hybridized carbons (Fsp3) is 0.440. The molecule has 0 unspecified atom stereocenters. The summed E-state index contributed by atoms with van der Waals surface area (Å²) in [5, 5.41) is 43.0. The fourth-order valence-electron chi connectivity index (χ4n) is 5.34. The van der Waals surface area contributed by atoms with Crippen molar-refractivity contribution in [2.75, 3.05) is 7.11 Å². The van der Waals surface area contributed by atoms with E-state index in [0.717, 1.165) is 0 Å². The Morgan fingerprint density at radius 1 is 1.03 bits per heavy atom. The second-order valence-electron chi connectivity index (χ2n) is 9.26. The molecule has 2 aliphatic carbocycles. The zero-order valence-electron chi connectivity index (χ0n) is 19.2. The standard InChI is InChI=1S/C25H27NO9/c1-9-21(28)13(26)8-16(34-9)35-15-7-10(27)6-12-18(15)25(32)20-19(23(12)30)22(29)11-4-3-5-14(33-2)17(11)24(20)31/h3-5,9-10,13,15-16,21,27-28,30,32H,6-8,26H2,1-2H3/t9-,10-,13-,15-,16+,21-/m1/s1. The number of phenols is 2. The van der Waals surface area contributed by atoms with E-state index in [1.54, 1.807) is 13.0 Å². The van der Waals surface area contributed by atoms with Crippen LogP contribution in [0, 0.1) is 0 Å². The fourth-order valence-corrected chi connectivity index (χ4v) is 5.34. The molecule has 1 heterocycles. The van der Waals surface area contributed by atoms with Crippen LogP contribution in [0.1, 0.15) is 68.8 Å². The van der Waals surface area contributed by atoms with E-state index in [2.05, 4.69) is 0 Å². The maximum Gasteiger partial charge on any atom is 0.202 e. The van der Waals surface area contributed by atoms with Crippen LogP contribution in [0.3, 0.4) is 0 Å². The molecular weight excluding hydrogens is 458 g/mol. The molecule has 35 heavy (non-hydrogen) atoms. The lowest BCUT2D eigenvalue weighted by Gasteiger charge is -2.39. The Morgan fingerprint density at radius 3 is 2.43 bits per heavy atom. The molecular formula is C25H27NO9. The van der Waals surface area contributed by atoms with E-state index in [1.165, 1.54) is 19.2 Å². The molecule has 5 rings (SSSR count). The van der Waals surface area contributed by atoms with Gasteiger partial charge in [-0.15, -0.1) is 0 Å². The summed E-state index contributed by atoms with van der Waals surface area (Å²) < 4.78 is 17.0. The quantitative estimate of drug-likeness (QED) is 0.338. The molecule has 0 bridgehead atoms. The van der Waals surface area contributed by atoms with Gasteiger partial charge in [-0.1, -0.05) is 12.1 Å². The minimum Gasteiger partial charge on any atom is -0.507 e. The van der Waals surface area contributed by atoms with Gasteiger partial charge in [-0.05, 0) is 13.0 Å². The van der Waals surface area contributed by atoms with Crippen molar-refractivity contribution in [1.29, 1.82) is 0 Å². The van der Waals surface area contributed by atoms with Gasteiger partial charge in [0.2, 0.25) is 5.78 Å². The largest absolute Gasteiger partial charge is 0.507 e. The van der Waals surface area contributed by atoms with Gasteiger partial charge in [0.15, 0.2) is 12.1 Å². The molecule has 186 valence electrons. The first-order valence-electron chi connectivity index (χ1n) is 11.4. The summed E-state index contributed by atoms with van der Waals surface area (Å²) >= 11 is 0. The number of aliphatic hydroxyl groups is 2. The van der Waals surface area contributed by atoms with Crippen LogP contribution < -0.4 is 10.5 Å². The Hall–Kier alpha value is -3.02. The van der Waals surface area contributed by atoms with Crippen molar-refractivity contribution in [1.82, 2.24) is 0 Å². The van der Waals surface area contributed by atoms with E-state index in [4.69, 9.17) is 19.9 Å². The molecule has 10 heteroatoms. The molecule has 6 atom stereocenters. The molecule has 0 saturated carbocycles. The van der Waals surface area contributed by atoms with Crippen molar-refractivity contribution in [2.45, 2.75) is 62.9 Å². The highest BCUT2D eigenvalue weighted by Gasteiger charge is 2.44. The maximum absolute atomic E-state index is 13.5. The molecule has 2 aromatic rings. The van der Waals surface area contributed by atoms with Crippen molar-refractivity contribution >= 4 is 11.6 Å². The van der Waals surface area contributed by atoms with Gasteiger partial charge in [0, 0.05) is 42.0 Å². The summed E-state index contributed by atoms with van der Waals surface area (Å²) in [4.78, 5) is 26.8. The Labute approximate surface area is 200 Å². The first-order valence-corrected chi connectivity index (χ1v) is 11.4. The number of rotatable bonds is 3. The van der Waals surface area contributed by atoms with Gasteiger partial charge >= 0.3 is 0 Å². The van der Waals surface area contributed by atoms with E-state index < -0.39 is 59.8 Å². The summed E-state index contributed by atoms with van der Waals surface area (Å²) in [6.45, 7) is 1.65. The average Bonchev–Trinajstić information content (AvgIpc) is 2.82. The number of aromatic hydroxyl groups is 2. The lowest BCUT2D eigenvalue weighted by Crippen LogP contribution is -2.52. The molecule has 1 saturated heterocycles. The van der Waals surface area contributed by atoms with Crippen molar-refractivity contribution in [3.63, 3.8) is 0 Å². The number of hydrogen-bond acceptors (Lipinski definition) is 10. The Kier molecular flexibility index (Phi) is 5.81. The highest BCUT2D eigenvalue weighted by atomic mass is 16.7. The van der Waals surface area contributed by atoms with Crippen LogP contribution in [0.25, 0.3) is 0 Å². The number of carbonyl (C=O) groups is 2. The van der Waals surface area contributed by atoms with Gasteiger partial charge in [0.05, 0.1) is 48.2 Å². The molecule has 10 nitrogen and oxygen atoms in total. The summed E-state index contributed by atoms with van der Waals surface area (Å²) in [6.07, 6.45) is -4.09. The second kappa shape index (κ2) is 8.58. The molecule has 1 fully saturated rings. The van der Waals surface area contributed by atoms with E-state index in [1.807, 2.05) is 0 Å². The Balaban J connectivity index is 1.62. The lowest BCUT2D eigenvalue weighted by molar-refractivity contribution is -0.244. The van der Waals surface area contributed by atoms with Crippen molar-refractivity contribution < 1.29 is 44.2 Å². The van der Waals surface area contributed by atoms with Crippen LogP contribution in [0.5, 0.6) is 17.2 Å². The van der Waals surface area contributed by atoms with Crippen LogP contribution in [0.2, 0.25) is 0 Å². The minimum absolute atomic E-state index is 0.000127. The Morgan fingerprint density at radius 2 is 1.74 bits per heavy atom. The van der Waals surface area contributed by atoms with Crippen LogP contribution in [-0.4, -0.2) is 69.7 Å². The van der Waals surface area contributed by atoms with Crippen molar-refractivity contribution in [3.05, 3.63) is 51.6 Å². The first-order chi connectivity index (χ1) is 16.6. The molecule has 3 aliphatic rings. The minimum atomic E-state index is -0.966. The van der Waals surface area contributed by atoms with Gasteiger partial charge in [-0.2, -0.15) is 0 Å². The summed E-state index contributed by atoms with van der Waals surface area (Å²) in [6, 6.07) is 3.94.